The highest BCUT2D eigenvalue weighted by Crippen LogP contribution is 2.17. The molecule has 2 aromatic rings. The van der Waals surface area contributed by atoms with E-state index in [4.69, 9.17) is 9.94 Å². The molecule has 2 aromatic carbocycles. The maximum atomic E-state index is 8.80. The maximum absolute atomic E-state index is 8.80. The number of hydrogen-bond donors (Lipinski definition) is 1. The van der Waals surface area contributed by atoms with Gasteiger partial charge in [-0.3, -0.25) is 0 Å². The molecule has 0 fully saturated rings. The van der Waals surface area contributed by atoms with Crippen molar-refractivity contribution in [1.82, 2.24) is 0 Å². The molecule has 2 rings (SSSR count). The molecule has 20 heavy (non-hydrogen) atoms. The van der Waals surface area contributed by atoms with Gasteiger partial charge in [-0.25, -0.2) is 0 Å². The first-order valence-corrected chi connectivity index (χ1v) is 6.57. The van der Waals surface area contributed by atoms with E-state index in [2.05, 4.69) is 37.2 Å². The zero-order chi connectivity index (χ0) is 14.5. The Morgan fingerprint density at radius 1 is 1.10 bits per heavy atom. The van der Waals surface area contributed by atoms with Crippen molar-refractivity contribution in [2.75, 3.05) is 0 Å². The smallest absolute Gasteiger partial charge is 0.120 e. The van der Waals surface area contributed by atoms with E-state index < -0.39 is 0 Å². The third kappa shape index (κ3) is 3.60. The molecule has 3 nitrogen and oxygen atoms in total. The van der Waals surface area contributed by atoms with Crippen LogP contribution in [-0.2, 0) is 6.61 Å². The normalized spacial score (nSPS) is 11.4. The lowest BCUT2D eigenvalue weighted by Crippen LogP contribution is -1.99. The van der Waals surface area contributed by atoms with Crippen LogP contribution in [0.15, 0.2) is 47.6 Å². The van der Waals surface area contributed by atoms with Crippen molar-refractivity contribution in [1.29, 1.82) is 0 Å². The van der Waals surface area contributed by atoms with Gasteiger partial charge in [0.2, 0.25) is 0 Å². The number of hydrogen-bond acceptors (Lipinski definition) is 3. The van der Waals surface area contributed by atoms with Crippen LogP contribution in [0.1, 0.15) is 29.2 Å². The number of rotatable bonds is 4. The minimum absolute atomic E-state index is 0.529. The van der Waals surface area contributed by atoms with Crippen LogP contribution < -0.4 is 4.74 Å². The Hall–Kier alpha value is -2.29. The second kappa shape index (κ2) is 6.24. The minimum atomic E-state index is 0.529. The minimum Gasteiger partial charge on any atom is -0.489 e. The lowest BCUT2D eigenvalue weighted by atomic mass is 10.1. The van der Waals surface area contributed by atoms with Crippen LogP contribution in [-0.4, -0.2) is 10.9 Å². The van der Waals surface area contributed by atoms with Crippen molar-refractivity contribution < 1.29 is 9.94 Å². The van der Waals surface area contributed by atoms with Crippen LogP contribution in [0.3, 0.4) is 0 Å². The fraction of sp³-hybridized carbons (Fsp3) is 0.235. The van der Waals surface area contributed by atoms with E-state index in [9.17, 15) is 0 Å². The van der Waals surface area contributed by atoms with E-state index in [1.165, 1.54) is 11.1 Å². The molecule has 3 heteroatoms. The van der Waals surface area contributed by atoms with Gasteiger partial charge >= 0.3 is 0 Å². The van der Waals surface area contributed by atoms with E-state index in [-0.39, 0.29) is 0 Å². The second-order valence-corrected chi connectivity index (χ2v) is 5.00. The summed E-state index contributed by atoms with van der Waals surface area (Å²) in [6, 6.07) is 13.9. The summed E-state index contributed by atoms with van der Waals surface area (Å²) in [4.78, 5) is 0. The molecule has 0 radical (unpaired) electrons. The predicted molar refractivity (Wildman–Crippen MR) is 80.7 cm³/mol. The van der Waals surface area contributed by atoms with E-state index in [1.54, 1.807) is 6.92 Å². The van der Waals surface area contributed by atoms with Crippen molar-refractivity contribution in [3.63, 3.8) is 0 Å². The highest BCUT2D eigenvalue weighted by Gasteiger charge is 2.02. The first-order chi connectivity index (χ1) is 9.58. The molecule has 0 aliphatic heterocycles. The van der Waals surface area contributed by atoms with Gasteiger partial charge < -0.3 is 9.94 Å². The van der Waals surface area contributed by atoms with Crippen LogP contribution in [0.25, 0.3) is 0 Å². The molecule has 0 aliphatic carbocycles. The van der Waals surface area contributed by atoms with Gasteiger partial charge in [0.25, 0.3) is 0 Å². The summed E-state index contributed by atoms with van der Waals surface area (Å²) in [5.74, 6) is 0.768. The molecule has 0 atom stereocenters. The molecule has 0 spiro atoms. The van der Waals surface area contributed by atoms with E-state index >= 15 is 0 Å². The molecule has 104 valence electrons. The number of aryl methyl sites for hydroxylation is 2. The van der Waals surface area contributed by atoms with Crippen LogP contribution in [0, 0.1) is 13.8 Å². The van der Waals surface area contributed by atoms with Crippen LogP contribution in [0.2, 0.25) is 0 Å². The third-order valence-electron chi connectivity index (χ3n) is 3.09. The summed E-state index contributed by atoms with van der Waals surface area (Å²) >= 11 is 0. The van der Waals surface area contributed by atoms with Crippen molar-refractivity contribution in [2.24, 2.45) is 5.16 Å². The van der Waals surface area contributed by atoms with Crippen molar-refractivity contribution in [3.05, 3.63) is 64.7 Å². The van der Waals surface area contributed by atoms with Gasteiger partial charge in [0.05, 0.1) is 5.71 Å². The van der Waals surface area contributed by atoms with Gasteiger partial charge in [0.15, 0.2) is 0 Å². The van der Waals surface area contributed by atoms with Gasteiger partial charge in [-0.1, -0.05) is 46.6 Å². The largest absolute Gasteiger partial charge is 0.489 e. The van der Waals surface area contributed by atoms with Gasteiger partial charge in [-0.05, 0) is 38.5 Å². The van der Waals surface area contributed by atoms with Crippen molar-refractivity contribution in [2.45, 2.75) is 27.4 Å². The molecular formula is C17H19NO2. The summed E-state index contributed by atoms with van der Waals surface area (Å²) in [5, 5.41) is 12.0. The number of nitrogens with zero attached hydrogens (tertiary/aromatic N) is 1. The molecule has 0 saturated heterocycles. The first-order valence-electron chi connectivity index (χ1n) is 6.57. The highest BCUT2D eigenvalue weighted by molar-refractivity contribution is 5.98. The Morgan fingerprint density at radius 2 is 1.80 bits per heavy atom. The summed E-state index contributed by atoms with van der Waals surface area (Å²) in [7, 11) is 0. The molecule has 0 heterocycles. The zero-order valence-corrected chi connectivity index (χ0v) is 12.1. The zero-order valence-electron chi connectivity index (χ0n) is 12.1. The molecule has 0 aliphatic rings. The van der Waals surface area contributed by atoms with Crippen molar-refractivity contribution >= 4 is 5.71 Å². The summed E-state index contributed by atoms with van der Waals surface area (Å²) < 4.78 is 5.80. The molecule has 0 saturated carbocycles. The summed E-state index contributed by atoms with van der Waals surface area (Å²) in [6.07, 6.45) is 0. The molecule has 1 N–H and O–H groups in total. The van der Waals surface area contributed by atoms with Gasteiger partial charge in [0.1, 0.15) is 12.4 Å². The van der Waals surface area contributed by atoms with Gasteiger partial charge in [-0.2, -0.15) is 0 Å². The second-order valence-electron chi connectivity index (χ2n) is 5.00. The Morgan fingerprint density at radius 3 is 2.45 bits per heavy atom. The Bertz CT molecular complexity index is 612. The molecule has 0 bridgehead atoms. The monoisotopic (exact) mass is 269 g/mol. The summed E-state index contributed by atoms with van der Waals surface area (Å²) in [6.45, 7) is 6.45. The highest BCUT2D eigenvalue weighted by atomic mass is 16.5. The Balaban J connectivity index is 2.11. The van der Waals surface area contributed by atoms with Crippen molar-refractivity contribution in [3.8, 4) is 5.75 Å². The topological polar surface area (TPSA) is 41.8 Å². The fourth-order valence-corrected chi connectivity index (χ4v) is 2.19. The lowest BCUT2D eigenvalue weighted by Gasteiger charge is -2.09. The quantitative estimate of drug-likeness (QED) is 0.516. The molecule has 0 aromatic heterocycles. The molecule has 0 unspecified atom stereocenters. The Kier molecular flexibility index (Phi) is 4.41. The van der Waals surface area contributed by atoms with Crippen LogP contribution >= 0.6 is 0 Å². The molecular weight excluding hydrogens is 250 g/mol. The van der Waals surface area contributed by atoms with Gasteiger partial charge in [0, 0.05) is 5.56 Å². The number of benzene rings is 2. The lowest BCUT2D eigenvalue weighted by molar-refractivity contribution is 0.306. The third-order valence-corrected chi connectivity index (χ3v) is 3.09. The maximum Gasteiger partial charge on any atom is 0.120 e. The first kappa shape index (κ1) is 14.1. The van der Waals surface area contributed by atoms with E-state index in [0.717, 1.165) is 16.9 Å². The summed E-state index contributed by atoms with van der Waals surface area (Å²) in [5.41, 5.74) is 5.05. The average Bonchev–Trinajstić information content (AvgIpc) is 2.43. The average molecular weight is 269 g/mol. The van der Waals surface area contributed by atoms with E-state index in [1.807, 2.05) is 24.3 Å². The number of oxime groups is 1. The predicted octanol–water partition coefficient (Wildman–Crippen LogP) is 4.08. The number of ether oxygens (including phenoxy) is 1. The van der Waals surface area contributed by atoms with Gasteiger partial charge in [-0.15, -0.1) is 0 Å². The molecule has 0 amide bonds. The Labute approximate surface area is 119 Å². The van der Waals surface area contributed by atoms with E-state index in [0.29, 0.717) is 12.3 Å². The standard InChI is InChI=1S/C17H19NO2/c1-12-7-13(2)9-15(8-12)11-20-17-6-4-5-16(10-17)14(3)18-19/h4-10,19H,11H2,1-3H3. The van der Waals surface area contributed by atoms with Crippen LogP contribution in [0.4, 0.5) is 0 Å². The van der Waals surface area contributed by atoms with Crippen LogP contribution in [0.5, 0.6) is 5.75 Å². The fourth-order valence-electron chi connectivity index (χ4n) is 2.19. The SMILES string of the molecule is CC(=NO)c1cccc(OCc2cc(C)cc(C)c2)c1.